The third kappa shape index (κ3) is 72.7. The fourth-order valence-corrected chi connectivity index (χ4v) is 14.9. The molecule has 0 radical (unpaired) electrons. The van der Waals surface area contributed by atoms with Gasteiger partial charge in [-0.2, -0.15) is 0 Å². The standard InChI is InChI=1S/C47H93NO4.C43H85NO4/c1-6-9-12-15-17-19-21-23-26-28-35-44(36-29-27-24-22-20-18-16-13-10-7-2)37-31-32-43-51-46(49)40-33-39-45(38-30-25-14-11-8-3)52-47(50)41-34-42-48(4)5;1-6-9-12-15-17-19-20-21-22-24-27-30-37-43(42(46)47,36-29-26-23-18-16-13-10-7-2)38-31-34-40(33-28-25-14-11-8-3)48-41(45)35-32-39-44(4)5/h44-45H,6-43H2,1-5H3;40H,6-39H2,1-5H3,(H,46,47). The zero-order valence-corrected chi connectivity index (χ0v) is 69.3. The van der Waals surface area contributed by atoms with Gasteiger partial charge in [0.15, 0.2) is 0 Å². The quantitative estimate of drug-likeness (QED) is 0.0358. The van der Waals surface area contributed by atoms with E-state index < -0.39 is 11.4 Å². The van der Waals surface area contributed by atoms with Crippen LogP contribution in [-0.4, -0.2) is 98.9 Å². The molecule has 0 bridgehead atoms. The second kappa shape index (κ2) is 79.4. The molecule has 1 N–H and O–H groups in total. The average Bonchev–Trinajstić information content (AvgIpc) is 0.850. The lowest BCUT2D eigenvalue weighted by atomic mass is 9.74. The van der Waals surface area contributed by atoms with Gasteiger partial charge >= 0.3 is 23.9 Å². The highest BCUT2D eigenvalue weighted by atomic mass is 16.5. The van der Waals surface area contributed by atoms with Crippen molar-refractivity contribution in [1.29, 1.82) is 0 Å². The molecule has 0 saturated carbocycles. The molecule has 100 heavy (non-hydrogen) atoms. The van der Waals surface area contributed by atoms with Crippen LogP contribution in [-0.2, 0) is 33.4 Å². The molecule has 0 aliphatic carbocycles. The monoisotopic (exact) mass is 1420 g/mol. The Morgan fingerprint density at radius 1 is 0.280 bits per heavy atom. The summed E-state index contributed by atoms with van der Waals surface area (Å²) in [4.78, 5) is 55.0. The Bertz CT molecular complexity index is 1670. The number of hydrogen-bond acceptors (Lipinski definition) is 9. The third-order valence-corrected chi connectivity index (χ3v) is 21.6. The minimum absolute atomic E-state index is 0.0793. The third-order valence-electron chi connectivity index (χ3n) is 21.6. The van der Waals surface area contributed by atoms with Gasteiger partial charge in [0.1, 0.15) is 12.2 Å². The highest BCUT2D eigenvalue weighted by Crippen LogP contribution is 2.39. The molecule has 0 aliphatic rings. The molecule has 3 unspecified atom stereocenters. The van der Waals surface area contributed by atoms with Gasteiger partial charge in [-0.15, -0.1) is 0 Å². The second-order valence-corrected chi connectivity index (χ2v) is 32.2. The number of esters is 3. The van der Waals surface area contributed by atoms with Gasteiger partial charge in [-0.05, 0) is 144 Å². The molecule has 0 heterocycles. The van der Waals surface area contributed by atoms with Crippen molar-refractivity contribution < 1.29 is 38.5 Å². The molecule has 0 rings (SSSR count). The van der Waals surface area contributed by atoms with Crippen molar-refractivity contribution >= 4 is 23.9 Å². The van der Waals surface area contributed by atoms with Crippen LogP contribution in [0.25, 0.3) is 0 Å². The molecule has 0 saturated heterocycles. The first kappa shape index (κ1) is 99.9. The Balaban J connectivity index is 0. The Labute approximate surface area is 625 Å². The fourth-order valence-electron chi connectivity index (χ4n) is 14.9. The van der Waals surface area contributed by atoms with Gasteiger partial charge in [0.2, 0.25) is 0 Å². The zero-order valence-electron chi connectivity index (χ0n) is 69.3. The molecular formula is C90H178N2O8. The first-order valence-corrected chi connectivity index (χ1v) is 44.8. The lowest BCUT2D eigenvalue weighted by Crippen LogP contribution is -2.32. The van der Waals surface area contributed by atoms with Crippen LogP contribution >= 0.6 is 0 Å². The van der Waals surface area contributed by atoms with Crippen molar-refractivity contribution in [1.82, 2.24) is 9.80 Å². The number of carbonyl (C=O) groups is 4. The molecule has 3 atom stereocenters. The van der Waals surface area contributed by atoms with E-state index in [0.717, 1.165) is 135 Å². The van der Waals surface area contributed by atoms with E-state index in [1.165, 1.54) is 302 Å². The maximum absolute atomic E-state index is 13.0. The maximum Gasteiger partial charge on any atom is 0.309 e. The van der Waals surface area contributed by atoms with Gasteiger partial charge in [-0.1, -0.05) is 369 Å². The summed E-state index contributed by atoms with van der Waals surface area (Å²) in [5.41, 5.74) is -0.637. The fraction of sp³-hybridized carbons (Fsp3) is 0.956. The number of unbranched alkanes of at least 4 members (excludes halogenated alkanes) is 45. The minimum Gasteiger partial charge on any atom is -0.481 e. The Morgan fingerprint density at radius 3 is 0.820 bits per heavy atom. The summed E-state index contributed by atoms with van der Waals surface area (Å²) in [6, 6.07) is 0. The number of aliphatic carboxylic acids is 1. The second-order valence-electron chi connectivity index (χ2n) is 32.2. The molecule has 0 aliphatic heterocycles. The van der Waals surface area contributed by atoms with Crippen molar-refractivity contribution in [3.63, 3.8) is 0 Å². The van der Waals surface area contributed by atoms with Crippen LogP contribution < -0.4 is 0 Å². The summed E-state index contributed by atoms with van der Waals surface area (Å²) in [5.74, 6) is -0.0298. The molecule has 0 aromatic carbocycles. The van der Waals surface area contributed by atoms with Gasteiger partial charge < -0.3 is 29.1 Å². The number of nitrogens with zero attached hydrogens (tertiary/aromatic N) is 2. The van der Waals surface area contributed by atoms with Crippen LogP contribution in [0.15, 0.2) is 0 Å². The van der Waals surface area contributed by atoms with Crippen molar-refractivity contribution in [2.75, 3.05) is 47.9 Å². The van der Waals surface area contributed by atoms with Gasteiger partial charge in [-0.3, -0.25) is 19.2 Å². The van der Waals surface area contributed by atoms with Gasteiger partial charge in [0, 0.05) is 19.3 Å². The average molecular weight is 1420 g/mol. The topological polar surface area (TPSA) is 123 Å². The van der Waals surface area contributed by atoms with E-state index in [2.05, 4.69) is 51.3 Å². The van der Waals surface area contributed by atoms with Crippen molar-refractivity contribution in [2.24, 2.45) is 11.3 Å². The predicted octanol–water partition coefficient (Wildman–Crippen LogP) is 28.2. The van der Waals surface area contributed by atoms with Crippen molar-refractivity contribution in [2.45, 2.75) is 497 Å². The van der Waals surface area contributed by atoms with Gasteiger partial charge in [0.05, 0.1) is 12.0 Å². The van der Waals surface area contributed by atoms with Gasteiger partial charge in [0.25, 0.3) is 0 Å². The first-order chi connectivity index (χ1) is 48.7. The Kier molecular flexibility index (Phi) is 79.2. The molecule has 0 spiro atoms. The maximum atomic E-state index is 13.0. The van der Waals surface area contributed by atoms with Crippen molar-refractivity contribution in [3.8, 4) is 0 Å². The predicted molar refractivity (Wildman–Crippen MR) is 434 cm³/mol. The summed E-state index contributed by atoms with van der Waals surface area (Å²) >= 11 is 0. The first-order valence-electron chi connectivity index (χ1n) is 44.8. The van der Waals surface area contributed by atoms with E-state index >= 15 is 0 Å². The van der Waals surface area contributed by atoms with E-state index in [-0.39, 0.29) is 30.1 Å². The van der Waals surface area contributed by atoms with Crippen LogP contribution in [0.1, 0.15) is 485 Å². The van der Waals surface area contributed by atoms with E-state index in [0.29, 0.717) is 32.3 Å². The summed E-state index contributed by atoms with van der Waals surface area (Å²) < 4.78 is 17.6. The number of carboxylic acids is 1. The van der Waals surface area contributed by atoms with E-state index in [1.54, 1.807) is 0 Å². The Hall–Kier alpha value is -2.20. The summed E-state index contributed by atoms with van der Waals surface area (Å²) in [7, 11) is 8.12. The Morgan fingerprint density at radius 2 is 0.520 bits per heavy atom. The summed E-state index contributed by atoms with van der Waals surface area (Å²) in [5, 5.41) is 10.7. The molecule has 10 nitrogen and oxygen atoms in total. The SMILES string of the molecule is CCCCCCCCCCCCC(CCCCCCCCCCCC)CCCCOC(=O)CCCC(CCCCCCC)OC(=O)CCCN(C)C.CCCCCCCCCCCCCCC(CCCCCCCCCC)(CCCC(CCCCCCC)OC(=O)CCCN(C)C)C(=O)O. The van der Waals surface area contributed by atoms with Crippen LogP contribution in [0.5, 0.6) is 0 Å². The number of ether oxygens (including phenoxy) is 3. The number of carboxylic acid groups (broad SMARTS) is 1. The van der Waals surface area contributed by atoms with Gasteiger partial charge in [-0.25, -0.2) is 0 Å². The van der Waals surface area contributed by atoms with Crippen LogP contribution in [0, 0.1) is 11.3 Å². The highest BCUT2D eigenvalue weighted by molar-refractivity contribution is 5.74. The summed E-state index contributed by atoms with van der Waals surface area (Å²) in [6.07, 6.45) is 81.8. The molecule has 0 fully saturated rings. The van der Waals surface area contributed by atoms with E-state index in [9.17, 15) is 24.3 Å². The minimum atomic E-state index is -0.637. The van der Waals surface area contributed by atoms with Crippen molar-refractivity contribution in [3.05, 3.63) is 0 Å². The normalized spacial score (nSPS) is 12.8. The van der Waals surface area contributed by atoms with Crippen LogP contribution in [0.3, 0.4) is 0 Å². The smallest absolute Gasteiger partial charge is 0.309 e. The number of carbonyl (C=O) groups excluding carboxylic acids is 3. The highest BCUT2D eigenvalue weighted by Gasteiger charge is 2.37. The number of rotatable bonds is 80. The molecule has 0 aromatic heterocycles. The van der Waals surface area contributed by atoms with E-state index in [4.69, 9.17) is 14.2 Å². The molecule has 596 valence electrons. The van der Waals surface area contributed by atoms with Crippen LogP contribution in [0.4, 0.5) is 0 Å². The lowest BCUT2D eigenvalue weighted by molar-refractivity contribution is -0.153. The molecule has 0 aromatic rings. The molecular weight excluding hydrogens is 1240 g/mol. The van der Waals surface area contributed by atoms with Crippen LogP contribution in [0.2, 0.25) is 0 Å². The largest absolute Gasteiger partial charge is 0.481 e. The molecule has 10 heteroatoms. The number of hydrogen-bond donors (Lipinski definition) is 1. The zero-order chi connectivity index (χ0) is 73.7. The summed E-state index contributed by atoms with van der Waals surface area (Å²) in [6.45, 7) is 15.9. The van der Waals surface area contributed by atoms with E-state index in [1.807, 2.05) is 28.2 Å². The lowest BCUT2D eigenvalue weighted by Gasteiger charge is -2.31. The molecule has 0 amide bonds.